The first-order valence-corrected chi connectivity index (χ1v) is 7.58. The van der Waals surface area contributed by atoms with Gasteiger partial charge in [-0.25, -0.2) is 0 Å². The molecule has 6 nitrogen and oxygen atoms in total. The highest BCUT2D eigenvalue weighted by atomic mass is 16.7. The maximum absolute atomic E-state index is 11.7. The lowest BCUT2D eigenvalue weighted by Crippen LogP contribution is -2.36. The molecule has 1 aliphatic rings. The van der Waals surface area contributed by atoms with Crippen LogP contribution in [-0.4, -0.2) is 57.8 Å². The van der Waals surface area contributed by atoms with Crippen LogP contribution < -0.4 is 10.6 Å². The summed E-state index contributed by atoms with van der Waals surface area (Å²) in [6, 6.07) is 0. The molecular formula is C14H28N2O4. The van der Waals surface area contributed by atoms with E-state index in [9.17, 15) is 4.79 Å². The fourth-order valence-corrected chi connectivity index (χ4v) is 2.10. The largest absolute Gasteiger partial charge is 0.378 e. The van der Waals surface area contributed by atoms with Gasteiger partial charge in [0.15, 0.2) is 6.29 Å². The van der Waals surface area contributed by atoms with Gasteiger partial charge < -0.3 is 24.8 Å². The summed E-state index contributed by atoms with van der Waals surface area (Å²) in [4.78, 5) is 11.7. The van der Waals surface area contributed by atoms with Gasteiger partial charge in [0.25, 0.3) is 0 Å². The molecule has 0 aliphatic carbocycles. The summed E-state index contributed by atoms with van der Waals surface area (Å²) in [7, 11) is 0. The zero-order chi connectivity index (χ0) is 14.6. The molecule has 6 heteroatoms. The number of carbonyl (C=O) groups excluding carboxylic acids is 1. The lowest BCUT2D eigenvalue weighted by atomic mass is 10.1. The van der Waals surface area contributed by atoms with Crippen molar-refractivity contribution in [1.29, 1.82) is 0 Å². The standard InChI is InChI=1S/C14H28N2O4/c1-3-18-14(19-4-2)11-16-13(17)7-10-20-12-5-8-15-9-6-12/h12,14-15H,3-11H2,1-2H3,(H,16,17). The minimum absolute atomic E-state index is 0.0247. The maximum atomic E-state index is 11.7. The van der Waals surface area contributed by atoms with Crippen molar-refractivity contribution in [2.45, 2.75) is 45.5 Å². The zero-order valence-corrected chi connectivity index (χ0v) is 12.7. The number of hydrogen-bond donors (Lipinski definition) is 2. The van der Waals surface area contributed by atoms with E-state index >= 15 is 0 Å². The van der Waals surface area contributed by atoms with Gasteiger partial charge >= 0.3 is 0 Å². The van der Waals surface area contributed by atoms with E-state index in [0.29, 0.717) is 38.9 Å². The molecule has 0 bridgehead atoms. The summed E-state index contributed by atoms with van der Waals surface area (Å²) in [5, 5.41) is 6.09. The Kier molecular flexibility index (Phi) is 9.57. The van der Waals surface area contributed by atoms with Gasteiger partial charge in [-0.3, -0.25) is 4.79 Å². The Morgan fingerprint density at radius 1 is 1.25 bits per heavy atom. The lowest BCUT2D eigenvalue weighted by Gasteiger charge is -2.23. The van der Waals surface area contributed by atoms with Gasteiger partial charge in [-0.05, 0) is 39.8 Å². The molecule has 0 aromatic carbocycles. The third-order valence-electron chi connectivity index (χ3n) is 3.14. The number of nitrogens with one attached hydrogen (secondary N) is 2. The predicted molar refractivity (Wildman–Crippen MR) is 76.5 cm³/mol. The van der Waals surface area contributed by atoms with Crippen LogP contribution in [0.5, 0.6) is 0 Å². The Morgan fingerprint density at radius 3 is 2.50 bits per heavy atom. The first-order chi connectivity index (χ1) is 9.76. The molecule has 0 spiro atoms. The second-order valence-electron chi connectivity index (χ2n) is 4.71. The number of piperidine rings is 1. The van der Waals surface area contributed by atoms with Gasteiger partial charge in [0.2, 0.25) is 5.91 Å². The van der Waals surface area contributed by atoms with Crippen molar-refractivity contribution in [2.24, 2.45) is 0 Å². The van der Waals surface area contributed by atoms with Crippen molar-refractivity contribution in [3.63, 3.8) is 0 Å². The number of carbonyl (C=O) groups is 1. The van der Waals surface area contributed by atoms with Crippen LogP contribution in [0.15, 0.2) is 0 Å². The van der Waals surface area contributed by atoms with Crippen LogP contribution in [0, 0.1) is 0 Å². The third-order valence-corrected chi connectivity index (χ3v) is 3.14. The van der Waals surface area contributed by atoms with E-state index in [1.54, 1.807) is 0 Å². The summed E-state index contributed by atoms with van der Waals surface area (Å²) in [5.74, 6) is -0.0247. The normalized spacial score (nSPS) is 16.6. The Balaban J connectivity index is 2.06. The van der Waals surface area contributed by atoms with Crippen LogP contribution in [0.3, 0.4) is 0 Å². The Bertz CT molecular complexity index is 252. The van der Waals surface area contributed by atoms with E-state index < -0.39 is 0 Å². The Hall–Kier alpha value is -0.690. The smallest absolute Gasteiger partial charge is 0.222 e. The fourth-order valence-electron chi connectivity index (χ4n) is 2.10. The molecule has 1 saturated heterocycles. The average Bonchev–Trinajstić information content (AvgIpc) is 2.46. The van der Waals surface area contributed by atoms with E-state index in [0.717, 1.165) is 25.9 Å². The summed E-state index contributed by atoms with van der Waals surface area (Å²) >= 11 is 0. The Morgan fingerprint density at radius 2 is 1.90 bits per heavy atom. The van der Waals surface area contributed by atoms with Gasteiger partial charge in [0.05, 0.1) is 19.3 Å². The highest BCUT2D eigenvalue weighted by Crippen LogP contribution is 2.07. The molecule has 20 heavy (non-hydrogen) atoms. The lowest BCUT2D eigenvalue weighted by molar-refractivity contribution is -0.141. The number of hydrogen-bond acceptors (Lipinski definition) is 5. The van der Waals surface area contributed by atoms with Crippen LogP contribution in [0.2, 0.25) is 0 Å². The fraction of sp³-hybridized carbons (Fsp3) is 0.929. The van der Waals surface area contributed by atoms with Gasteiger partial charge in [0.1, 0.15) is 0 Å². The molecule has 1 rings (SSSR count). The molecule has 0 aromatic rings. The van der Waals surface area contributed by atoms with Crippen LogP contribution in [0.25, 0.3) is 0 Å². The van der Waals surface area contributed by atoms with E-state index in [4.69, 9.17) is 14.2 Å². The van der Waals surface area contributed by atoms with Gasteiger partial charge in [-0.1, -0.05) is 0 Å². The van der Waals surface area contributed by atoms with E-state index in [2.05, 4.69) is 10.6 Å². The SMILES string of the molecule is CCOC(CNC(=O)CCOC1CCNCC1)OCC. The summed E-state index contributed by atoms with van der Waals surface area (Å²) in [5.41, 5.74) is 0. The molecule has 1 amide bonds. The van der Waals surface area contributed by atoms with Crippen molar-refractivity contribution in [3.8, 4) is 0 Å². The van der Waals surface area contributed by atoms with Crippen LogP contribution in [-0.2, 0) is 19.0 Å². The zero-order valence-electron chi connectivity index (χ0n) is 12.7. The summed E-state index contributed by atoms with van der Waals surface area (Å²) in [6.45, 7) is 7.81. The van der Waals surface area contributed by atoms with Gasteiger partial charge in [-0.15, -0.1) is 0 Å². The molecule has 0 unspecified atom stereocenters. The molecule has 0 radical (unpaired) electrons. The molecule has 0 atom stereocenters. The predicted octanol–water partition coefficient (Wildman–Crippen LogP) is 0.660. The van der Waals surface area contributed by atoms with Crippen molar-refractivity contribution < 1.29 is 19.0 Å². The Labute approximate surface area is 121 Å². The highest BCUT2D eigenvalue weighted by molar-refractivity contribution is 5.75. The van der Waals surface area contributed by atoms with Crippen LogP contribution >= 0.6 is 0 Å². The average molecular weight is 288 g/mol. The number of amides is 1. The molecular weight excluding hydrogens is 260 g/mol. The van der Waals surface area contributed by atoms with Crippen molar-refractivity contribution in [3.05, 3.63) is 0 Å². The van der Waals surface area contributed by atoms with Crippen molar-refractivity contribution in [1.82, 2.24) is 10.6 Å². The summed E-state index contributed by atoms with van der Waals surface area (Å²) in [6.07, 6.45) is 2.37. The van der Waals surface area contributed by atoms with Crippen LogP contribution in [0.4, 0.5) is 0 Å². The van der Waals surface area contributed by atoms with Crippen molar-refractivity contribution in [2.75, 3.05) is 39.5 Å². The topological polar surface area (TPSA) is 68.8 Å². The van der Waals surface area contributed by atoms with Gasteiger partial charge in [0, 0.05) is 19.6 Å². The van der Waals surface area contributed by atoms with E-state index in [1.807, 2.05) is 13.8 Å². The molecule has 1 heterocycles. The van der Waals surface area contributed by atoms with E-state index in [1.165, 1.54) is 0 Å². The van der Waals surface area contributed by atoms with Crippen molar-refractivity contribution >= 4 is 5.91 Å². The molecule has 2 N–H and O–H groups in total. The molecule has 0 aromatic heterocycles. The highest BCUT2D eigenvalue weighted by Gasteiger charge is 2.14. The number of ether oxygens (including phenoxy) is 3. The van der Waals surface area contributed by atoms with Crippen LogP contribution in [0.1, 0.15) is 33.1 Å². The second kappa shape index (κ2) is 11.0. The van der Waals surface area contributed by atoms with E-state index in [-0.39, 0.29) is 12.2 Å². The quantitative estimate of drug-likeness (QED) is 0.578. The molecule has 1 fully saturated rings. The molecule has 118 valence electrons. The monoisotopic (exact) mass is 288 g/mol. The van der Waals surface area contributed by atoms with Gasteiger partial charge in [-0.2, -0.15) is 0 Å². The third kappa shape index (κ3) is 7.79. The molecule has 1 aliphatic heterocycles. The first kappa shape index (κ1) is 17.4. The minimum Gasteiger partial charge on any atom is -0.378 e. The summed E-state index contributed by atoms with van der Waals surface area (Å²) < 4.78 is 16.4. The number of rotatable bonds is 10. The maximum Gasteiger partial charge on any atom is 0.222 e. The first-order valence-electron chi connectivity index (χ1n) is 7.58. The second-order valence-corrected chi connectivity index (χ2v) is 4.71. The minimum atomic E-state index is -0.362. The molecule has 0 saturated carbocycles.